The highest BCUT2D eigenvalue weighted by atomic mass is 19.1. The second kappa shape index (κ2) is 6.09. The molecule has 1 heterocycles. The zero-order valence-electron chi connectivity index (χ0n) is 11.8. The van der Waals surface area contributed by atoms with Crippen LogP contribution in [0.1, 0.15) is 24.2 Å². The van der Waals surface area contributed by atoms with Crippen molar-refractivity contribution in [3.63, 3.8) is 0 Å². The van der Waals surface area contributed by atoms with Crippen LogP contribution in [0.25, 0.3) is 0 Å². The molecule has 21 heavy (non-hydrogen) atoms. The van der Waals surface area contributed by atoms with Crippen LogP contribution in [-0.4, -0.2) is 47.3 Å². The van der Waals surface area contributed by atoms with E-state index in [9.17, 15) is 14.0 Å². The number of carboxylic acid groups (broad SMARTS) is 1. The van der Waals surface area contributed by atoms with Crippen LogP contribution >= 0.6 is 0 Å². The van der Waals surface area contributed by atoms with Crippen molar-refractivity contribution in [2.24, 2.45) is 0 Å². The lowest BCUT2D eigenvalue weighted by Crippen LogP contribution is -2.51. The number of morpholine rings is 1. The van der Waals surface area contributed by atoms with E-state index in [4.69, 9.17) is 9.84 Å². The molecule has 0 spiro atoms. The van der Waals surface area contributed by atoms with Gasteiger partial charge in [0.05, 0.1) is 30.0 Å². The van der Waals surface area contributed by atoms with Gasteiger partial charge in [0.2, 0.25) is 0 Å². The summed E-state index contributed by atoms with van der Waals surface area (Å²) in [4.78, 5) is 24.9. The number of benzene rings is 1. The van der Waals surface area contributed by atoms with Gasteiger partial charge in [0, 0.05) is 6.54 Å². The van der Waals surface area contributed by atoms with Crippen molar-refractivity contribution in [1.29, 1.82) is 0 Å². The fourth-order valence-corrected chi connectivity index (χ4v) is 2.18. The molecule has 0 aliphatic carbocycles. The fourth-order valence-electron chi connectivity index (χ4n) is 2.18. The Balaban J connectivity index is 2.17. The smallest absolute Gasteiger partial charge is 0.337 e. The highest BCUT2D eigenvalue weighted by molar-refractivity contribution is 6.00. The van der Waals surface area contributed by atoms with E-state index in [2.05, 4.69) is 5.32 Å². The highest BCUT2D eigenvalue weighted by Crippen LogP contribution is 2.19. The molecule has 2 N–H and O–H groups in total. The van der Waals surface area contributed by atoms with Crippen molar-refractivity contribution < 1.29 is 23.8 Å². The molecule has 0 bridgehead atoms. The number of anilines is 1. The number of carboxylic acids is 1. The highest BCUT2D eigenvalue weighted by Gasteiger charge is 2.28. The number of urea groups is 1. The summed E-state index contributed by atoms with van der Waals surface area (Å²) in [6.07, 6.45) is -0.0842. The largest absolute Gasteiger partial charge is 0.478 e. The third kappa shape index (κ3) is 3.49. The van der Waals surface area contributed by atoms with Crippen molar-refractivity contribution in [2.75, 3.05) is 18.5 Å². The molecule has 7 heteroatoms. The minimum atomic E-state index is -1.30. The van der Waals surface area contributed by atoms with E-state index in [0.717, 1.165) is 12.1 Å². The Labute approximate surface area is 121 Å². The summed E-state index contributed by atoms with van der Waals surface area (Å²) in [5, 5.41) is 11.6. The van der Waals surface area contributed by atoms with Crippen LogP contribution < -0.4 is 5.32 Å². The fraction of sp³-hybridized carbons (Fsp3) is 0.429. The number of carbonyl (C=O) groups is 2. The van der Waals surface area contributed by atoms with E-state index in [1.54, 1.807) is 4.90 Å². The van der Waals surface area contributed by atoms with Crippen molar-refractivity contribution in [3.8, 4) is 0 Å². The molecular weight excluding hydrogens is 279 g/mol. The van der Waals surface area contributed by atoms with Gasteiger partial charge in [-0.05, 0) is 32.0 Å². The van der Waals surface area contributed by atoms with Gasteiger partial charge in [-0.3, -0.25) is 0 Å². The second-order valence-corrected chi connectivity index (χ2v) is 5.07. The first kappa shape index (κ1) is 15.2. The Morgan fingerprint density at radius 1 is 1.43 bits per heavy atom. The number of nitrogens with one attached hydrogen (secondary N) is 1. The van der Waals surface area contributed by atoms with Gasteiger partial charge in [-0.15, -0.1) is 0 Å². The summed E-state index contributed by atoms with van der Waals surface area (Å²) in [7, 11) is 0. The van der Waals surface area contributed by atoms with Crippen LogP contribution in [0.2, 0.25) is 0 Å². The van der Waals surface area contributed by atoms with Gasteiger partial charge in [-0.1, -0.05) is 0 Å². The van der Waals surface area contributed by atoms with Gasteiger partial charge < -0.3 is 20.1 Å². The molecule has 1 aliphatic rings. The van der Waals surface area contributed by atoms with Crippen LogP contribution in [0, 0.1) is 5.82 Å². The summed E-state index contributed by atoms with van der Waals surface area (Å²) in [6.45, 7) is 4.53. The standard InChI is InChI=1S/C14H17FN2O4/c1-8-7-21-9(2)6-17(8)14(20)16-12-4-3-10(15)5-11(12)13(18)19/h3-5,8-9H,6-7H2,1-2H3,(H,16,20)(H,18,19). The number of nitrogens with zero attached hydrogens (tertiary/aromatic N) is 1. The molecule has 1 fully saturated rings. The van der Waals surface area contributed by atoms with Crippen molar-refractivity contribution in [3.05, 3.63) is 29.6 Å². The number of rotatable bonds is 2. The average Bonchev–Trinajstić information content (AvgIpc) is 2.43. The molecule has 2 unspecified atom stereocenters. The maximum absolute atomic E-state index is 13.1. The summed E-state index contributed by atoms with van der Waals surface area (Å²) in [6, 6.07) is 2.68. The normalized spacial score (nSPS) is 22.0. The third-order valence-corrected chi connectivity index (χ3v) is 3.32. The first-order valence-corrected chi connectivity index (χ1v) is 6.60. The predicted octanol–water partition coefficient (Wildman–Crippen LogP) is 2.17. The zero-order valence-corrected chi connectivity index (χ0v) is 11.8. The van der Waals surface area contributed by atoms with Gasteiger partial charge in [-0.25, -0.2) is 14.0 Å². The summed E-state index contributed by atoms with van der Waals surface area (Å²) in [5.74, 6) is -1.97. The second-order valence-electron chi connectivity index (χ2n) is 5.07. The molecule has 1 saturated heterocycles. The topological polar surface area (TPSA) is 78.9 Å². The molecule has 2 atom stereocenters. The monoisotopic (exact) mass is 296 g/mol. The van der Waals surface area contributed by atoms with E-state index >= 15 is 0 Å². The summed E-state index contributed by atoms with van der Waals surface area (Å²) >= 11 is 0. The lowest BCUT2D eigenvalue weighted by atomic mass is 10.1. The van der Waals surface area contributed by atoms with E-state index in [-0.39, 0.29) is 23.4 Å². The molecule has 2 amide bonds. The molecule has 6 nitrogen and oxygen atoms in total. The Bertz CT molecular complexity index is 564. The minimum Gasteiger partial charge on any atom is -0.478 e. The molecule has 0 radical (unpaired) electrons. The molecule has 0 saturated carbocycles. The lowest BCUT2D eigenvalue weighted by Gasteiger charge is -2.36. The Kier molecular flexibility index (Phi) is 4.42. The number of amides is 2. The number of halogens is 1. The van der Waals surface area contributed by atoms with E-state index in [0.29, 0.717) is 13.2 Å². The van der Waals surface area contributed by atoms with Gasteiger partial charge in [0.15, 0.2) is 0 Å². The van der Waals surface area contributed by atoms with Gasteiger partial charge >= 0.3 is 12.0 Å². The first-order valence-electron chi connectivity index (χ1n) is 6.60. The first-order chi connectivity index (χ1) is 9.88. The van der Waals surface area contributed by atoms with Crippen LogP contribution in [0.5, 0.6) is 0 Å². The lowest BCUT2D eigenvalue weighted by molar-refractivity contribution is -0.0296. The maximum Gasteiger partial charge on any atom is 0.337 e. The van der Waals surface area contributed by atoms with Crippen LogP contribution in [0.3, 0.4) is 0 Å². The molecule has 1 aliphatic heterocycles. The molecule has 114 valence electrons. The van der Waals surface area contributed by atoms with Gasteiger partial charge in [-0.2, -0.15) is 0 Å². The number of carbonyl (C=O) groups excluding carboxylic acids is 1. The number of hydrogen-bond acceptors (Lipinski definition) is 3. The van der Waals surface area contributed by atoms with E-state index in [1.165, 1.54) is 6.07 Å². The Morgan fingerprint density at radius 2 is 2.14 bits per heavy atom. The number of ether oxygens (including phenoxy) is 1. The van der Waals surface area contributed by atoms with Crippen LogP contribution in [0.4, 0.5) is 14.9 Å². The predicted molar refractivity (Wildman–Crippen MR) is 74.0 cm³/mol. The summed E-state index contributed by atoms with van der Waals surface area (Å²) < 4.78 is 18.5. The molecule has 2 rings (SSSR count). The Hall–Kier alpha value is -2.15. The van der Waals surface area contributed by atoms with Crippen molar-refractivity contribution in [2.45, 2.75) is 26.0 Å². The number of hydrogen-bond donors (Lipinski definition) is 2. The average molecular weight is 296 g/mol. The molecule has 1 aromatic carbocycles. The number of aromatic carboxylic acids is 1. The van der Waals surface area contributed by atoms with Gasteiger partial charge in [0.1, 0.15) is 5.82 Å². The van der Waals surface area contributed by atoms with Crippen LogP contribution in [0.15, 0.2) is 18.2 Å². The maximum atomic E-state index is 13.1. The minimum absolute atomic E-state index is 0.0697. The molecular formula is C14H17FN2O4. The quantitative estimate of drug-likeness (QED) is 0.876. The van der Waals surface area contributed by atoms with Crippen molar-refractivity contribution in [1.82, 2.24) is 4.90 Å². The SMILES string of the molecule is CC1CN(C(=O)Nc2ccc(F)cc2C(=O)O)C(C)CO1. The molecule has 0 aromatic heterocycles. The van der Waals surface area contributed by atoms with E-state index < -0.39 is 17.8 Å². The third-order valence-electron chi connectivity index (χ3n) is 3.32. The van der Waals surface area contributed by atoms with Crippen LogP contribution in [-0.2, 0) is 4.74 Å². The molecule has 1 aromatic rings. The van der Waals surface area contributed by atoms with Gasteiger partial charge in [0.25, 0.3) is 0 Å². The Morgan fingerprint density at radius 3 is 2.81 bits per heavy atom. The van der Waals surface area contributed by atoms with E-state index in [1.807, 2.05) is 13.8 Å². The summed E-state index contributed by atoms with van der Waals surface area (Å²) in [5.41, 5.74) is -0.211. The zero-order chi connectivity index (χ0) is 15.6. The van der Waals surface area contributed by atoms with Crippen molar-refractivity contribution >= 4 is 17.7 Å².